The Bertz CT molecular complexity index is 994. The lowest BCUT2D eigenvalue weighted by atomic mass is 9.93. The molecule has 2 unspecified atom stereocenters. The lowest BCUT2D eigenvalue weighted by Gasteiger charge is -2.17. The van der Waals surface area contributed by atoms with Crippen LogP contribution in [-0.2, 0) is 14.4 Å². The van der Waals surface area contributed by atoms with Gasteiger partial charge in [-0.3, -0.25) is 9.59 Å². The molecule has 7 heteroatoms. The Labute approximate surface area is 162 Å². The van der Waals surface area contributed by atoms with Gasteiger partial charge in [-0.25, -0.2) is 4.90 Å². The van der Waals surface area contributed by atoms with Crippen LogP contribution in [0.5, 0.6) is 11.5 Å². The number of ether oxygens (including phenoxy) is 2. The number of fused-ring (bicyclic) bond motifs is 1. The number of amides is 2. The van der Waals surface area contributed by atoms with E-state index in [-0.39, 0.29) is 5.91 Å². The molecule has 2 amide bonds. The van der Waals surface area contributed by atoms with Gasteiger partial charge in [-0.2, -0.15) is 0 Å². The molecule has 2 aliphatic heterocycles. The second-order valence-electron chi connectivity index (χ2n) is 6.90. The molecule has 2 aromatic carbocycles. The van der Waals surface area contributed by atoms with Crippen molar-refractivity contribution in [2.75, 3.05) is 19.1 Å². The zero-order valence-electron chi connectivity index (χ0n) is 16.1. The first-order chi connectivity index (χ1) is 13.4. The van der Waals surface area contributed by atoms with Gasteiger partial charge in [0, 0.05) is 5.56 Å². The molecule has 4 rings (SSSR count). The van der Waals surface area contributed by atoms with Crippen LogP contribution in [0.2, 0.25) is 0 Å². The maximum atomic E-state index is 13.2. The SMILES string of the molecule is COc1ccc(OC)c(C2=NOC3C(=O)N(c4cc(C)cc(C)c4)C(=O)C23)c1. The summed E-state index contributed by atoms with van der Waals surface area (Å²) in [6, 6.07) is 10.8. The number of hydrogen-bond acceptors (Lipinski definition) is 6. The van der Waals surface area contributed by atoms with Crippen LogP contribution in [0.15, 0.2) is 41.6 Å². The summed E-state index contributed by atoms with van der Waals surface area (Å²) in [6.45, 7) is 3.85. The van der Waals surface area contributed by atoms with Gasteiger partial charge >= 0.3 is 0 Å². The number of aryl methyl sites for hydroxylation is 2. The Hall–Kier alpha value is -3.35. The Morgan fingerprint density at radius 2 is 1.68 bits per heavy atom. The van der Waals surface area contributed by atoms with E-state index < -0.39 is 17.9 Å². The summed E-state index contributed by atoms with van der Waals surface area (Å²) < 4.78 is 10.7. The highest BCUT2D eigenvalue weighted by Gasteiger charge is 2.56. The van der Waals surface area contributed by atoms with Crippen molar-refractivity contribution < 1.29 is 23.9 Å². The fourth-order valence-electron chi connectivity index (χ4n) is 3.75. The molecular weight excluding hydrogens is 360 g/mol. The first-order valence-electron chi connectivity index (χ1n) is 8.87. The molecule has 0 spiro atoms. The predicted molar refractivity (Wildman–Crippen MR) is 103 cm³/mol. The Morgan fingerprint density at radius 3 is 2.32 bits per heavy atom. The average Bonchev–Trinajstić information content (AvgIpc) is 3.20. The summed E-state index contributed by atoms with van der Waals surface area (Å²) in [5.74, 6) is -0.491. The first-order valence-corrected chi connectivity index (χ1v) is 8.87. The average molecular weight is 380 g/mol. The smallest absolute Gasteiger partial charge is 0.278 e. The van der Waals surface area contributed by atoms with Crippen LogP contribution < -0.4 is 14.4 Å². The second-order valence-corrected chi connectivity index (χ2v) is 6.90. The van der Waals surface area contributed by atoms with Crippen molar-refractivity contribution in [1.29, 1.82) is 0 Å². The molecule has 0 radical (unpaired) electrons. The molecular formula is C21H20N2O5. The number of methoxy groups -OCH3 is 2. The molecule has 0 aromatic heterocycles. The maximum absolute atomic E-state index is 13.2. The summed E-state index contributed by atoms with van der Waals surface area (Å²) >= 11 is 0. The van der Waals surface area contributed by atoms with Crippen molar-refractivity contribution in [3.05, 3.63) is 53.1 Å². The van der Waals surface area contributed by atoms with E-state index in [0.717, 1.165) is 11.1 Å². The van der Waals surface area contributed by atoms with Gasteiger partial charge in [-0.1, -0.05) is 11.2 Å². The van der Waals surface area contributed by atoms with E-state index in [9.17, 15) is 9.59 Å². The van der Waals surface area contributed by atoms with Gasteiger partial charge < -0.3 is 14.3 Å². The van der Waals surface area contributed by atoms with Crippen LogP contribution in [0.3, 0.4) is 0 Å². The number of rotatable bonds is 4. The summed E-state index contributed by atoms with van der Waals surface area (Å²) in [7, 11) is 3.08. The number of imide groups is 1. The molecule has 2 aromatic rings. The Kier molecular flexibility index (Phi) is 4.30. The molecule has 7 nitrogen and oxygen atoms in total. The van der Waals surface area contributed by atoms with Gasteiger partial charge in [-0.15, -0.1) is 0 Å². The lowest BCUT2D eigenvalue weighted by molar-refractivity contribution is -0.126. The number of nitrogens with zero attached hydrogens (tertiary/aromatic N) is 2. The highest BCUT2D eigenvalue weighted by Crippen LogP contribution is 2.38. The highest BCUT2D eigenvalue weighted by molar-refractivity contribution is 6.32. The van der Waals surface area contributed by atoms with E-state index in [4.69, 9.17) is 14.3 Å². The van der Waals surface area contributed by atoms with Crippen molar-refractivity contribution in [3.8, 4) is 11.5 Å². The molecule has 0 N–H and O–H groups in total. The summed E-state index contributed by atoms with van der Waals surface area (Å²) in [5.41, 5.74) is 3.42. The van der Waals surface area contributed by atoms with Crippen LogP contribution in [0, 0.1) is 19.8 Å². The molecule has 0 saturated carbocycles. The van der Waals surface area contributed by atoms with Crippen LogP contribution in [0.1, 0.15) is 16.7 Å². The third-order valence-electron chi connectivity index (χ3n) is 4.96. The molecule has 0 aliphatic carbocycles. The van der Waals surface area contributed by atoms with E-state index in [1.54, 1.807) is 25.3 Å². The minimum Gasteiger partial charge on any atom is -0.497 e. The molecule has 28 heavy (non-hydrogen) atoms. The van der Waals surface area contributed by atoms with Gasteiger partial charge in [0.25, 0.3) is 5.91 Å². The number of carbonyl (C=O) groups is 2. The first kappa shape index (κ1) is 18.0. The van der Waals surface area contributed by atoms with Crippen molar-refractivity contribution >= 4 is 23.2 Å². The van der Waals surface area contributed by atoms with Crippen molar-refractivity contribution in [2.45, 2.75) is 20.0 Å². The van der Waals surface area contributed by atoms with Gasteiger partial charge in [0.05, 0.1) is 19.9 Å². The fraction of sp³-hybridized carbons (Fsp3) is 0.286. The fourth-order valence-corrected chi connectivity index (χ4v) is 3.75. The zero-order valence-corrected chi connectivity index (χ0v) is 16.1. The Balaban J connectivity index is 1.75. The van der Waals surface area contributed by atoms with E-state index in [2.05, 4.69) is 5.16 Å². The minimum absolute atomic E-state index is 0.360. The topological polar surface area (TPSA) is 77.4 Å². The van der Waals surface area contributed by atoms with Crippen LogP contribution in [-0.4, -0.2) is 37.8 Å². The number of hydrogen-bond donors (Lipinski definition) is 0. The molecule has 2 atom stereocenters. The normalized spacial score (nSPS) is 20.7. The lowest BCUT2D eigenvalue weighted by Crippen LogP contribution is -2.33. The van der Waals surface area contributed by atoms with Crippen LogP contribution >= 0.6 is 0 Å². The van der Waals surface area contributed by atoms with Crippen LogP contribution in [0.4, 0.5) is 5.69 Å². The monoisotopic (exact) mass is 380 g/mol. The minimum atomic E-state index is -0.973. The van der Waals surface area contributed by atoms with Crippen LogP contribution in [0.25, 0.3) is 0 Å². The summed E-state index contributed by atoms with van der Waals surface area (Å²) in [6.07, 6.45) is -0.973. The van der Waals surface area contributed by atoms with Gasteiger partial charge in [-0.05, 0) is 55.3 Å². The summed E-state index contributed by atoms with van der Waals surface area (Å²) in [4.78, 5) is 32.7. The molecule has 2 aliphatic rings. The number of carbonyl (C=O) groups excluding carboxylic acids is 2. The summed E-state index contributed by atoms with van der Waals surface area (Å²) in [5, 5.41) is 4.05. The van der Waals surface area contributed by atoms with Crippen molar-refractivity contribution in [2.24, 2.45) is 11.1 Å². The number of anilines is 1. The van der Waals surface area contributed by atoms with E-state index >= 15 is 0 Å². The van der Waals surface area contributed by atoms with E-state index in [0.29, 0.717) is 28.5 Å². The maximum Gasteiger partial charge on any atom is 0.278 e. The molecule has 0 bridgehead atoms. The van der Waals surface area contributed by atoms with Gasteiger partial charge in [0.1, 0.15) is 23.1 Å². The second kappa shape index (κ2) is 6.67. The number of oxime groups is 1. The van der Waals surface area contributed by atoms with E-state index in [1.165, 1.54) is 12.0 Å². The van der Waals surface area contributed by atoms with Crippen molar-refractivity contribution in [3.63, 3.8) is 0 Å². The molecule has 1 saturated heterocycles. The third kappa shape index (κ3) is 2.70. The predicted octanol–water partition coefficient (Wildman–Crippen LogP) is 2.61. The molecule has 2 heterocycles. The van der Waals surface area contributed by atoms with Gasteiger partial charge in [0.15, 0.2) is 0 Å². The largest absolute Gasteiger partial charge is 0.497 e. The standard InChI is InChI=1S/C21H20N2O5/c1-11-7-12(2)9-13(8-11)23-20(24)17-18(22-28-19(17)21(23)25)15-10-14(26-3)5-6-16(15)27-4/h5-10,17,19H,1-4H3. The number of benzene rings is 2. The van der Waals surface area contributed by atoms with E-state index in [1.807, 2.05) is 32.0 Å². The highest BCUT2D eigenvalue weighted by atomic mass is 16.7. The van der Waals surface area contributed by atoms with Crippen molar-refractivity contribution in [1.82, 2.24) is 0 Å². The quantitative estimate of drug-likeness (QED) is 0.762. The Morgan fingerprint density at radius 1 is 0.964 bits per heavy atom. The third-order valence-corrected chi connectivity index (χ3v) is 4.96. The molecule has 144 valence electrons. The molecule has 1 fully saturated rings. The van der Waals surface area contributed by atoms with Gasteiger partial charge in [0.2, 0.25) is 12.0 Å². The zero-order chi connectivity index (χ0) is 20.0.